The lowest BCUT2D eigenvalue weighted by Gasteiger charge is -2.43. The summed E-state index contributed by atoms with van der Waals surface area (Å²) in [4.78, 5) is 2.42. The average molecular weight is 303 g/mol. The summed E-state index contributed by atoms with van der Waals surface area (Å²) in [6, 6.07) is 1.19. The number of nitrogens with one attached hydrogen (secondary N) is 1. The van der Waals surface area contributed by atoms with Gasteiger partial charge in [0.05, 0.1) is 5.75 Å². The van der Waals surface area contributed by atoms with Crippen LogP contribution in [0.5, 0.6) is 0 Å². The van der Waals surface area contributed by atoms with Crippen molar-refractivity contribution in [2.75, 3.05) is 39.0 Å². The number of sulfonamides is 1. The fraction of sp³-hybridized carbons (Fsp3) is 1.00. The van der Waals surface area contributed by atoms with E-state index in [-0.39, 0.29) is 5.75 Å². The largest absolute Gasteiger partial charge is 0.313 e. The Labute approximate surface area is 123 Å². The molecule has 0 aromatic rings. The highest BCUT2D eigenvalue weighted by molar-refractivity contribution is 7.89. The Hall–Kier alpha value is -0.170. The number of rotatable bonds is 5. The van der Waals surface area contributed by atoms with Crippen LogP contribution in [0, 0.1) is 11.8 Å². The smallest absolute Gasteiger partial charge is 0.213 e. The first-order valence-electron chi connectivity index (χ1n) is 7.75. The molecule has 2 fully saturated rings. The molecule has 2 aliphatic rings. The zero-order valence-corrected chi connectivity index (χ0v) is 14.0. The van der Waals surface area contributed by atoms with Gasteiger partial charge >= 0.3 is 0 Å². The van der Waals surface area contributed by atoms with E-state index in [4.69, 9.17) is 0 Å². The molecule has 20 heavy (non-hydrogen) atoms. The van der Waals surface area contributed by atoms with Gasteiger partial charge in [0.25, 0.3) is 0 Å². The molecule has 2 aliphatic heterocycles. The monoisotopic (exact) mass is 303 g/mol. The van der Waals surface area contributed by atoms with Gasteiger partial charge in [0.15, 0.2) is 0 Å². The molecule has 0 amide bonds. The summed E-state index contributed by atoms with van der Waals surface area (Å²) >= 11 is 0. The van der Waals surface area contributed by atoms with Crippen LogP contribution in [0.3, 0.4) is 0 Å². The Morgan fingerprint density at radius 2 is 1.85 bits per heavy atom. The Bertz CT molecular complexity index is 420. The van der Waals surface area contributed by atoms with Crippen molar-refractivity contribution in [1.82, 2.24) is 14.5 Å². The molecular weight excluding hydrogens is 274 g/mol. The third kappa shape index (κ3) is 3.53. The molecule has 3 atom stereocenters. The fourth-order valence-corrected chi connectivity index (χ4v) is 4.45. The van der Waals surface area contributed by atoms with E-state index in [9.17, 15) is 8.42 Å². The van der Waals surface area contributed by atoms with Gasteiger partial charge in [0.2, 0.25) is 10.0 Å². The summed E-state index contributed by atoms with van der Waals surface area (Å²) in [5, 5.41) is 3.67. The van der Waals surface area contributed by atoms with Crippen LogP contribution in [0.1, 0.15) is 27.2 Å². The van der Waals surface area contributed by atoms with E-state index in [0.29, 0.717) is 37.0 Å². The number of piperidine rings is 1. The van der Waals surface area contributed by atoms with Crippen LogP contribution in [0.2, 0.25) is 0 Å². The maximum atomic E-state index is 11.7. The minimum atomic E-state index is -2.97. The van der Waals surface area contributed by atoms with Gasteiger partial charge in [-0.3, -0.25) is 0 Å². The quantitative estimate of drug-likeness (QED) is 0.807. The molecule has 1 N–H and O–H groups in total. The highest BCUT2D eigenvalue weighted by atomic mass is 32.2. The van der Waals surface area contributed by atoms with Crippen molar-refractivity contribution in [3.63, 3.8) is 0 Å². The van der Waals surface area contributed by atoms with Crippen LogP contribution in [-0.2, 0) is 10.0 Å². The van der Waals surface area contributed by atoms with E-state index in [1.54, 1.807) is 11.2 Å². The Morgan fingerprint density at radius 1 is 1.20 bits per heavy atom. The number of likely N-dealkylation sites (tertiary alicyclic amines) is 1. The van der Waals surface area contributed by atoms with E-state index < -0.39 is 10.0 Å². The van der Waals surface area contributed by atoms with Gasteiger partial charge in [-0.15, -0.1) is 0 Å². The van der Waals surface area contributed by atoms with Gasteiger partial charge < -0.3 is 10.2 Å². The Morgan fingerprint density at radius 3 is 2.45 bits per heavy atom. The Balaban J connectivity index is 1.72. The number of nitrogens with zero attached hydrogens (tertiary/aromatic N) is 2. The fourth-order valence-electron chi connectivity index (χ4n) is 3.21. The molecule has 0 aromatic heterocycles. The molecule has 3 unspecified atom stereocenters. The zero-order valence-electron chi connectivity index (χ0n) is 13.2. The van der Waals surface area contributed by atoms with E-state index in [1.807, 2.05) is 0 Å². The van der Waals surface area contributed by atoms with Gasteiger partial charge in [0.1, 0.15) is 0 Å². The summed E-state index contributed by atoms with van der Waals surface area (Å²) in [6.07, 6.45) is 1.18. The minimum absolute atomic E-state index is 0.219. The summed E-state index contributed by atoms with van der Waals surface area (Å²) in [5.41, 5.74) is 0. The minimum Gasteiger partial charge on any atom is -0.313 e. The molecule has 0 spiro atoms. The van der Waals surface area contributed by atoms with Crippen LogP contribution >= 0.6 is 0 Å². The van der Waals surface area contributed by atoms with Crippen molar-refractivity contribution in [2.45, 2.75) is 39.3 Å². The summed E-state index contributed by atoms with van der Waals surface area (Å²) in [5.74, 6) is 1.36. The van der Waals surface area contributed by atoms with Crippen LogP contribution in [0.4, 0.5) is 0 Å². The van der Waals surface area contributed by atoms with Crippen LogP contribution in [-0.4, -0.2) is 68.7 Å². The second-order valence-electron chi connectivity index (χ2n) is 6.60. The third-order valence-corrected chi connectivity index (χ3v) is 6.78. The highest BCUT2D eigenvalue weighted by Gasteiger charge is 2.35. The predicted molar refractivity (Wildman–Crippen MR) is 82.2 cm³/mol. The van der Waals surface area contributed by atoms with Crippen molar-refractivity contribution in [3.05, 3.63) is 0 Å². The van der Waals surface area contributed by atoms with Gasteiger partial charge in [0, 0.05) is 38.3 Å². The van der Waals surface area contributed by atoms with Crippen molar-refractivity contribution in [3.8, 4) is 0 Å². The van der Waals surface area contributed by atoms with Crippen LogP contribution in [0.25, 0.3) is 0 Å². The van der Waals surface area contributed by atoms with E-state index in [1.165, 1.54) is 6.42 Å². The second-order valence-corrected chi connectivity index (χ2v) is 8.86. The Kier molecular flexibility index (Phi) is 5.10. The number of hydrogen-bond donors (Lipinski definition) is 1. The van der Waals surface area contributed by atoms with E-state index in [0.717, 1.165) is 13.1 Å². The molecule has 0 saturated carbocycles. The first-order chi connectivity index (χ1) is 9.33. The molecule has 2 saturated heterocycles. The molecule has 2 rings (SSSR count). The first kappa shape index (κ1) is 16.2. The van der Waals surface area contributed by atoms with Gasteiger partial charge in [-0.05, 0) is 39.2 Å². The molecule has 0 aliphatic carbocycles. The SMILES string of the molecule is CCS(=O)(=O)N1CC(CNC2CC(C)N(C)CC2C)C1. The lowest BCUT2D eigenvalue weighted by molar-refractivity contribution is 0.110. The third-order valence-electron chi connectivity index (χ3n) is 4.96. The van der Waals surface area contributed by atoms with E-state index >= 15 is 0 Å². The lowest BCUT2D eigenvalue weighted by atomic mass is 9.89. The van der Waals surface area contributed by atoms with E-state index in [2.05, 4.69) is 31.1 Å². The zero-order chi connectivity index (χ0) is 14.9. The second kappa shape index (κ2) is 6.30. The topological polar surface area (TPSA) is 52.7 Å². The average Bonchev–Trinajstić information content (AvgIpc) is 2.33. The maximum absolute atomic E-state index is 11.7. The van der Waals surface area contributed by atoms with Gasteiger partial charge in [-0.25, -0.2) is 12.7 Å². The molecule has 0 radical (unpaired) electrons. The van der Waals surface area contributed by atoms with Crippen molar-refractivity contribution >= 4 is 10.0 Å². The maximum Gasteiger partial charge on any atom is 0.213 e. The van der Waals surface area contributed by atoms with Crippen LogP contribution in [0.15, 0.2) is 0 Å². The van der Waals surface area contributed by atoms with Gasteiger partial charge in [-0.1, -0.05) is 6.92 Å². The molecule has 0 bridgehead atoms. The predicted octanol–water partition coefficient (Wildman–Crippen LogP) is 0.586. The molecule has 2 heterocycles. The normalized spacial score (nSPS) is 34.1. The van der Waals surface area contributed by atoms with Gasteiger partial charge in [-0.2, -0.15) is 0 Å². The summed E-state index contributed by atoms with van der Waals surface area (Å²) < 4.78 is 24.9. The molecule has 5 nitrogen and oxygen atoms in total. The standard InChI is InChI=1S/C14H29N3O2S/c1-5-20(18,19)17-9-13(10-17)7-15-14-6-12(3)16(4)8-11(14)2/h11-15H,5-10H2,1-4H3. The summed E-state index contributed by atoms with van der Waals surface area (Å²) in [7, 11) is -0.774. The molecule has 118 valence electrons. The lowest BCUT2D eigenvalue weighted by Crippen LogP contribution is -2.57. The van der Waals surface area contributed by atoms with Crippen molar-refractivity contribution in [2.24, 2.45) is 11.8 Å². The molecule has 0 aromatic carbocycles. The summed E-state index contributed by atoms with van der Waals surface area (Å²) in [6.45, 7) is 9.76. The van der Waals surface area contributed by atoms with Crippen molar-refractivity contribution < 1.29 is 8.42 Å². The highest BCUT2D eigenvalue weighted by Crippen LogP contribution is 2.23. The molecular formula is C14H29N3O2S. The number of hydrogen-bond acceptors (Lipinski definition) is 4. The first-order valence-corrected chi connectivity index (χ1v) is 9.35. The molecule has 6 heteroatoms. The van der Waals surface area contributed by atoms with Crippen molar-refractivity contribution in [1.29, 1.82) is 0 Å². The van der Waals surface area contributed by atoms with Crippen LogP contribution < -0.4 is 5.32 Å².